The van der Waals surface area contributed by atoms with Gasteiger partial charge in [-0.2, -0.15) is 0 Å². The summed E-state index contributed by atoms with van der Waals surface area (Å²) in [4.78, 5) is 12.6. The summed E-state index contributed by atoms with van der Waals surface area (Å²) in [5, 5.41) is -0.265. The van der Waals surface area contributed by atoms with Gasteiger partial charge in [-0.15, -0.1) is 24.0 Å². The van der Waals surface area contributed by atoms with E-state index >= 15 is 0 Å². The summed E-state index contributed by atoms with van der Waals surface area (Å²) in [7, 11) is 2.13. The number of halogens is 2. The molecular weight excluding hydrogens is 209 g/mol. The van der Waals surface area contributed by atoms with Crippen LogP contribution in [0.3, 0.4) is 0 Å². The highest BCUT2D eigenvalue weighted by molar-refractivity contribution is 6.27. The topological polar surface area (TPSA) is 20.3 Å². The molecule has 4 heteroatoms. The van der Waals surface area contributed by atoms with E-state index in [-0.39, 0.29) is 17.8 Å². The number of piperidine rings is 1. The van der Waals surface area contributed by atoms with E-state index in [0.717, 1.165) is 25.8 Å². The van der Waals surface area contributed by atoms with Gasteiger partial charge < -0.3 is 9.69 Å². The minimum Gasteiger partial charge on any atom is -0.306 e. The van der Waals surface area contributed by atoms with Gasteiger partial charge in [0.05, 0.1) is 5.38 Å². The zero-order valence-electron chi connectivity index (χ0n) is 7.91. The standard InChI is InChI=1S/C9H16ClNO.ClH/c1-11-4-2-8(3-5-11)6-9(10)7-12;/h7-9H,2-6H2,1H3;1H. The molecule has 0 saturated carbocycles. The average Bonchev–Trinajstić information content (AvgIpc) is 2.09. The van der Waals surface area contributed by atoms with Crippen molar-refractivity contribution in [2.45, 2.75) is 24.6 Å². The third-order valence-corrected chi connectivity index (χ3v) is 2.83. The van der Waals surface area contributed by atoms with Crippen molar-refractivity contribution in [2.75, 3.05) is 20.1 Å². The van der Waals surface area contributed by atoms with Gasteiger partial charge in [0.2, 0.25) is 0 Å². The summed E-state index contributed by atoms with van der Waals surface area (Å²) in [6.45, 7) is 2.29. The minimum absolute atomic E-state index is 0. The van der Waals surface area contributed by atoms with Gasteiger partial charge >= 0.3 is 0 Å². The maximum Gasteiger partial charge on any atom is 0.137 e. The van der Waals surface area contributed by atoms with Gasteiger partial charge in [0.25, 0.3) is 0 Å². The normalized spacial score (nSPS) is 22.0. The van der Waals surface area contributed by atoms with E-state index in [0.29, 0.717) is 5.92 Å². The molecule has 1 aliphatic heterocycles. The van der Waals surface area contributed by atoms with Gasteiger partial charge in [0.1, 0.15) is 6.29 Å². The number of carbonyl (C=O) groups is 1. The highest BCUT2D eigenvalue weighted by atomic mass is 35.5. The van der Waals surface area contributed by atoms with Crippen molar-refractivity contribution >= 4 is 30.3 Å². The lowest BCUT2D eigenvalue weighted by Gasteiger charge is -2.29. The van der Waals surface area contributed by atoms with E-state index in [9.17, 15) is 4.79 Å². The summed E-state index contributed by atoms with van der Waals surface area (Å²) in [6, 6.07) is 0. The number of nitrogens with zero attached hydrogens (tertiary/aromatic N) is 1. The average molecular weight is 226 g/mol. The highest BCUT2D eigenvalue weighted by Gasteiger charge is 2.19. The van der Waals surface area contributed by atoms with Crippen LogP contribution in [0.4, 0.5) is 0 Å². The molecule has 0 aromatic heterocycles. The van der Waals surface area contributed by atoms with E-state index in [1.165, 1.54) is 12.8 Å². The van der Waals surface area contributed by atoms with Crippen molar-refractivity contribution in [3.63, 3.8) is 0 Å². The molecule has 0 aliphatic carbocycles. The molecule has 2 nitrogen and oxygen atoms in total. The smallest absolute Gasteiger partial charge is 0.137 e. The molecule has 0 radical (unpaired) electrons. The van der Waals surface area contributed by atoms with Crippen LogP contribution in [-0.4, -0.2) is 36.7 Å². The Morgan fingerprint density at radius 1 is 1.54 bits per heavy atom. The van der Waals surface area contributed by atoms with Crippen molar-refractivity contribution < 1.29 is 4.79 Å². The van der Waals surface area contributed by atoms with Crippen LogP contribution in [0.25, 0.3) is 0 Å². The van der Waals surface area contributed by atoms with Gasteiger partial charge in [-0.05, 0) is 45.3 Å². The molecule has 13 heavy (non-hydrogen) atoms. The van der Waals surface area contributed by atoms with Crippen LogP contribution >= 0.6 is 24.0 Å². The number of carbonyl (C=O) groups excluding carboxylic acids is 1. The fourth-order valence-electron chi connectivity index (χ4n) is 1.67. The SMILES string of the molecule is CN1CCC(CC(Cl)C=O)CC1.Cl. The van der Waals surface area contributed by atoms with E-state index in [1.54, 1.807) is 0 Å². The van der Waals surface area contributed by atoms with Crippen LogP contribution < -0.4 is 0 Å². The zero-order valence-corrected chi connectivity index (χ0v) is 9.48. The zero-order chi connectivity index (χ0) is 8.97. The quantitative estimate of drug-likeness (QED) is 0.541. The Hall–Kier alpha value is 0.210. The Balaban J connectivity index is 0.00000144. The molecule has 1 heterocycles. The first kappa shape index (κ1) is 13.2. The molecular formula is C9H17Cl2NO. The van der Waals surface area contributed by atoms with Crippen LogP contribution in [0.1, 0.15) is 19.3 Å². The van der Waals surface area contributed by atoms with E-state index in [1.807, 2.05) is 0 Å². The molecule has 1 rings (SSSR count). The number of hydrogen-bond donors (Lipinski definition) is 0. The van der Waals surface area contributed by atoms with Gasteiger partial charge in [-0.25, -0.2) is 0 Å². The number of rotatable bonds is 3. The highest BCUT2D eigenvalue weighted by Crippen LogP contribution is 2.22. The van der Waals surface area contributed by atoms with Crippen molar-refractivity contribution in [3.05, 3.63) is 0 Å². The van der Waals surface area contributed by atoms with Gasteiger partial charge in [-0.1, -0.05) is 0 Å². The fraction of sp³-hybridized carbons (Fsp3) is 0.889. The predicted octanol–water partition coefficient (Wildman–Crippen LogP) is 1.95. The fourth-order valence-corrected chi connectivity index (χ4v) is 1.92. The second-order valence-electron chi connectivity index (χ2n) is 3.63. The van der Waals surface area contributed by atoms with Crippen molar-refractivity contribution in [3.8, 4) is 0 Å². The molecule has 1 aliphatic rings. The minimum atomic E-state index is -0.265. The summed E-state index contributed by atoms with van der Waals surface area (Å²) in [5.74, 6) is 0.661. The summed E-state index contributed by atoms with van der Waals surface area (Å²) >= 11 is 5.75. The molecule has 1 atom stereocenters. The van der Waals surface area contributed by atoms with E-state index in [2.05, 4.69) is 11.9 Å². The van der Waals surface area contributed by atoms with Gasteiger partial charge in [0.15, 0.2) is 0 Å². The Kier molecular flexibility index (Phi) is 6.74. The van der Waals surface area contributed by atoms with Crippen LogP contribution in [0, 0.1) is 5.92 Å². The van der Waals surface area contributed by atoms with Crippen molar-refractivity contribution in [2.24, 2.45) is 5.92 Å². The monoisotopic (exact) mass is 225 g/mol. The molecule has 0 amide bonds. The lowest BCUT2D eigenvalue weighted by molar-refractivity contribution is -0.107. The molecule has 1 fully saturated rings. The Bertz CT molecular complexity index is 147. The van der Waals surface area contributed by atoms with Gasteiger partial charge in [-0.3, -0.25) is 0 Å². The van der Waals surface area contributed by atoms with Gasteiger partial charge in [0, 0.05) is 0 Å². The second kappa shape index (κ2) is 6.63. The van der Waals surface area contributed by atoms with E-state index in [4.69, 9.17) is 11.6 Å². The number of likely N-dealkylation sites (tertiary alicyclic amines) is 1. The molecule has 0 spiro atoms. The number of alkyl halides is 1. The van der Waals surface area contributed by atoms with Crippen molar-refractivity contribution in [1.82, 2.24) is 4.90 Å². The first-order chi connectivity index (χ1) is 5.72. The molecule has 78 valence electrons. The Morgan fingerprint density at radius 2 is 2.08 bits per heavy atom. The number of aldehydes is 1. The summed E-state index contributed by atoms with van der Waals surface area (Å²) < 4.78 is 0. The molecule has 0 bridgehead atoms. The molecule has 0 aromatic rings. The second-order valence-corrected chi connectivity index (χ2v) is 4.20. The number of hydrogen-bond acceptors (Lipinski definition) is 2. The first-order valence-corrected chi connectivity index (χ1v) is 4.94. The third-order valence-electron chi connectivity index (χ3n) is 2.54. The summed E-state index contributed by atoms with van der Waals surface area (Å²) in [5.41, 5.74) is 0. The lowest BCUT2D eigenvalue weighted by atomic mass is 9.92. The largest absolute Gasteiger partial charge is 0.306 e. The first-order valence-electron chi connectivity index (χ1n) is 4.50. The maximum atomic E-state index is 10.3. The summed E-state index contributed by atoms with van der Waals surface area (Å²) in [6.07, 6.45) is 4.08. The van der Waals surface area contributed by atoms with Crippen LogP contribution in [0.5, 0.6) is 0 Å². The van der Waals surface area contributed by atoms with Crippen LogP contribution in [-0.2, 0) is 4.79 Å². The Morgan fingerprint density at radius 3 is 2.54 bits per heavy atom. The third kappa shape index (κ3) is 4.84. The predicted molar refractivity (Wildman–Crippen MR) is 57.8 cm³/mol. The van der Waals surface area contributed by atoms with Crippen molar-refractivity contribution in [1.29, 1.82) is 0 Å². The lowest BCUT2D eigenvalue weighted by Crippen LogP contribution is -2.31. The van der Waals surface area contributed by atoms with Crippen LogP contribution in [0.15, 0.2) is 0 Å². The molecule has 1 saturated heterocycles. The Labute approximate surface area is 91.0 Å². The molecule has 0 aromatic carbocycles. The van der Waals surface area contributed by atoms with Crippen LogP contribution in [0.2, 0.25) is 0 Å². The maximum absolute atomic E-state index is 10.3. The molecule has 0 N–H and O–H groups in total. The molecule has 1 unspecified atom stereocenters. The van der Waals surface area contributed by atoms with E-state index < -0.39 is 0 Å².